The molecule has 0 aromatic carbocycles. The molecule has 0 aliphatic carbocycles. The summed E-state index contributed by atoms with van der Waals surface area (Å²) in [7, 11) is -3.91. The van der Waals surface area contributed by atoms with Crippen LogP contribution in [0.25, 0.3) is 0 Å². The molecule has 1 atom stereocenters. The van der Waals surface area contributed by atoms with E-state index < -0.39 is 10.1 Å². The average Bonchev–Trinajstić information content (AvgIpc) is 2.08. The fraction of sp³-hybridized carbons (Fsp3) is 0.500. The number of nitrogens with zero attached hydrogens (tertiary/aromatic N) is 1. The van der Waals surface area contributed by atoms with Crippen molar-refractivity contribution in [2.24, 2.45) is 11.5 Å². The van der Waals surface area contributed by atoms with Crippen LogP contribution >= 0.6 is 0 Å². The summed E-state index contributed by atoms with van der Waals surface area (Å²) < 4.78 is 29.5. The Morgan fingerprint density at radius 3 is 2.62 bits per heavy atom. The summed E-state index contributed by atoms with van der Waals surface area (Å²) in [5.41, 5.74) is 11.4. The van der Waals surface area contributed by atoms with Crippen LogP contribution in [0.3, 0.4) is 0 Å². The first-order valence-corrected chi connectivity index (χ1v) is 6.12. The largest absolute Gasteiger partial charge is 0.385 e. The Balaban J connectivity index is 0.00000225. The normalized spacial score (nSPS) is 20.2. The summed E-state index contributed by atoms with van der Waals surface area (Å²) in [5.74, 6) is 0.216. The van der Waals surface area contributed by atoms with Crippen molar-refractivity contribution in [2.45, 2.75) is 12.6 Å². The minimum atomic E-state index is -3.91. The molecule has 0 spiro atoms. The third-order valence-electron chi connectivity index (χ3n) is 2.07. The standard InChI is InChI=1S/C8H15N3O3S.Au/c9-7-3-1-4-8(10)11(7)5-2-6-15(12,13)14;/h1,3-4,7H,2,5-6,9-10H2,(H,12,13,14);. The molecule has 0 bridgehead atoms. The smallest absolute Gasteiger partial charge is 0.264 e. The van der Waals surface area contributed by atoms with Crippen molar-refractivity contribution in [1.29, 1.82) is 0 Å². The molecule has 16 heavy (non-hydrogen) atoms. The van der Waals surface area contributed by atoms with Gasteiger partial charge in [-0.3, -0.25) is 4.55 Å². The number of hydrogen-bond acceptors (Lipinski definition) is 5. The molecular weight excluding hydrogens is 415 g/mol. The van der Waals surface area contributed by atoms with Crippen LogP contribution in [0.5, 0.6) is 0 Å². The van der Waals surface area contributed by atoms with E-state index in [1.54, 1.807) is 23.1 Å². The fourth-order valence-corrected chi connectivity index (χ4v) is 1.83. The second-order valence-electron chi connectivity index (χ2n) is 3.30. The molecule has 97 valence electrons. The van der Waals surface area contributed by atoms with Gasteiger partial charge in [-0.25, -0.2) is 0 Å². The summed E-state index contributed by atoms with van der Waals surface area (Å²) in [6.45, 7) is 0.396. The van der Waals surface area contributed by atoms with E-state index in [1.807, 2.05) is 0 Å². The van der Waals surface area contributed by atoms with E-state index in [0.29, 0.717) is 12.4 Å². The van der Waals surface area contributed by atoms with Crippen molar-refractivity contribution < 1.29 is 35.4 Å². The molecule has 1 rings (SSSR count). The zero-order valence-corrected chi connectivity index (χ0v) is 11.5. The maximum absolute atomic E-state index is 10.5. The van der Waals surface area contributed by atoms with Gasteiger partial charge in [0.2, 0.25) is 0 Å². The molecule has 0 aromatic heterocycles. The SMILES string of the molecule is NC1=CC=CC(N)N1CCCS(=O)(=O)O.[Au]. The van der Waals surface area contributed by atoms with E-state index in [0.717, 1.165) is 0 Å². The molecule has 0 fully saturated rings. The van der Waals surface area contributed by atoms with Crippen LogP contribution in [0.1, 0.15) is 6.42 Å². The van der Waals surface area contributed by atoms with Crippen LogP contribution in [0.15, 0.2) is 24.0 Å². The third kappa shape index (κ3) is 5.15. The molecule has 6 nitrogen and oxygen atoms in total. The summed E-state index contributed by atoms with van der Waals surface area (Å²) in [5, 5.41) is 0. The monoisotopic (exact) mass is 430 g/mol. The quantitative estimate of drug-likeness (QED) is 0.399. The van der Waals surface area contributed by atoms with Crippen molar-refractivity contribution in [3.63, 3.8) is 0 Å². The van der Waals surface area contributed by atoms with Gasteiger partial charge in [0, 0.05) is 28.9 Å². The van der Waals surface area contributed by atoms with Crippen molar-refractivity contribution in [3.8, 4) is 0 Å². The predicted octanol–water partition coefficient (Wildman–Crippen LogP) is -0.781. The fourth-order valence-electron chi connectivity index (χ4n) is 1.34. The number of hydrogen-bond donors (Lipinski definition) is 3. The van der Waals surface area contributed by atoms with Gasteiger partial charge in [-0.1, -0.05) is 6.08 Å². The first-order chi connectivity index (χ1) is 6.90. The van der Waals surface area contributed by atoms with Gasteiger partial charge in [0.1, 0.15) is 5.82 Å². The molecule has 0 saturated carbocycles. The summed E-state index contributed by atoms with van der Waals surface area (Å²) in [6, 6.07) is 0. The van der Waals surface area contributed by atoms with Crippen LogP contribution in [0.2, 0.25) is 0 Å². The first-order valence-electron chi connectivity index (χ1n) is 4.51. The van der Waals surface area contributed by atoms with Crippen LogP contribution in [-0.2, 0) is 32.5 Å². The minimum Gasteiger partial charge on any atom is -0.385 e. The molecule has 1 radical (unpaired) electrons. The minimum absolute atomic E-state index is 0. The average molecular weight is 430 g/mol. The van der Waals surface area contributed by atoms with E-state index in [1.165, 1.54) is 0 Å². The molecule has 1 heterocycles. The maximum atomic E-state index is 10.5. The van der Waals surface area contributed by atoms with Gasteiger partial charge in [-0.15, -0.1) is 0 Å². The number of allylic oxidation sites excluding steroid dienone is 2. The van der Waals surface area contributed by atoms with Gasteiger partial charge < -0.3 is 16.4 Å². The topological polar surface area (TPSA) is 110 Å². The van der Waals surface area contributed by atoms with Gasteiger partial charge in [0.05, 0.1) is 11.9 Å². The molecule has 1 unspecified atom stereocenters. The Bertz CT molecular complexity index is 380. The van der Waals surface area contributed by atoms with E-state index in [2.05, 4.69) is 0 Å². The van der Waals surface area contributed by atoms with Gasteiger partial charge in [0.25, 0.3) is 10.1 Å². The number of rotatable bonds is 4. The van der Waals surface area contributed by atoms with Crippen molar-refractivity contribution >= 4 is 10.1 Å². The van der Waals surface area contributed by atoms with Crippen molar-refractivity contribution in [1.82, 2.24) is 4.90 Å². The summed E-state index contributed by atoms with van der Waals surface area (Å²) in [4.78, 5) is 1.67. The predicted molar refractivity (Wildman–Crippen MR) is 57.1 cm³/mol. The molecule has 1 aliphatic rings. The van der Waals surface area contributed by atoms with Gasteiger partial charge >= 0.3 is 0 Å². The Morgan fingerprint density at radius 2 is 2.12 bits per heavy atom. The molecular formula is C8H15AuN3O3S. The molecule has 0 saturated heterocycles. The maximum Gasteiger partial charge on any atom is 0.264 e. The second kappa shape index (κ2) is 6.43. The molecule has 0 amide bonds. The summed E-state index contributed by atoms with van der Waals surface area (Å²) in [6.07, 6.45) is 5.14. The summed E-state index contributed by atoms with van der Waals surface area (Å²) >= 11 is 0. The van der Waals surface area contributed by atoms with Crippen molar-refractivity contribution in [2.75, 3.05) is 12.3 Å². The van der Waals surface area contributed by atoms with Crippen molar-refractivity contribution in [3.05, 3.63) is 24.0 Å². The van der Waals surface area contributed by atoms with Gasteiger partial charge in [0.15, 0.2) is 0 Å². The van der Waals surface area contributed by atoms with E-state index >= 15 is 0 Å². The molecule has 8 heteroatoms. The zero-order chi connectivity index (χ0) is 11.5. The van der Waals surface area contributed by atoms with Crippen LogP contribution < -0.4 is 11.5 Å². The van der Waals surface area contributed by atoms with E-state index in [4.69, 9.17) is 16.0 Å². The second-order valence-corrected chi connectivity index (χ2v) is 4.87. The Morgan fingerprint density at radius 1 is 1.50 bits per heavy atom. The van der Waals surface area contributed by atoms with Gasteiger partial charge in [-0.05, 0) is 18.6 Å². The Labute approximate surface area is 111 Å². The molecule has 5 N–H and O–H groups in total. The van der Waals surface area contributed by atoms with E-state index in [9.17, 15) is 8.42 Å². The third-order valence-corrected chi connectivity index (χ3v) is 2.87. The number of nitrogens with two attached hydrogens (primary N) is 2. The Hall–Kier alpha value is -0.310. The Kier molecular flexibility index (Phi) is 6.31. The molecule has 1 aliphatic heterocycles. The zero-order valence-electron chi connectivity index (χ0n) is 8.51. The van der Waals surface area contributed by atoms with Crippen LogP contribution in [0.4, 0.5) is 0 Å². The molecule has 0 aromatic rings. The first kappa shape index (κ1) is 15.7. The van der Waals surface area contributed by atoms with Gasteiger partial charge in [-0.2, -0.15) is 8.42 Å². The van der Waals surface area contributed by atoms with E-state index in [-0.39, 0.29) is 40.7 Å². The van der Waals surface area contributed by atoms with Crippen LogP contribution in [-0.4, -0.2) is 36.3 Å². The van der Waals surface area contributed by atoms with Crippen LogP contribution in [0, 0.1) is 0 Å².